The van der Waals surface area contributed by atoms with Crippen LogP contribution in [0.2, 0.25) is 13.1 Å². The molecule has 0 heterocycles. The Kier molecular flexibility index (Phi) is 15.9. The average Bonchev–Trinajstić information content (AvgIpc) is 3.65. The van der Waals surface area contributed by atoms with Crippen LogP contribution in [0.4, 0.5) is 0 Å². The fraction of sp³-hybridized carbons (Fsp3) is 0.415. The van der Waals surface area contributed by atoms with Gasteiger partial charge in [-0.1, -0.05) is 128 Å². The van der Waals surface area contributed by atoms with Gasteiger partial charge in [0.05, 0.1) is 0 Å². The zero-order valence-electron chi connectivity index (χ0n) is 28.7. The Labute approximate surface area is 295 Å². The van der Waals surface area contributed by atoms with Crippen LogP contribution in [-0.2, 0) is 26.3 Å². The average molecular weight is 735 g/mol. The van der Waals surface area contributed by atoms with Crippen LogP contribution >= 0.6 is 17.0 Å². The molecule has 1 unspecified atom stereocenters. The maximum atomic E-state index is 4.93. The molecule has 0 bridgehead atoms. The van der Waals surface area contributed by atoms with E-state index in [-0.39, 0.29) is 5.41 Å². The van der Waals surface area contributed by atoms with Crippen molar-refractivity contribution in [2.24, 2.45) is 0 Å². The second-order valence-electron chi connectivity index (χ2n) is 13.5. The molecule has 1 atom stereocenters. The van der Waals surface area contributed by atoms with Crippen LogP contribution in [0.25, 0.3) is 32.7 Å². The van der Waals surface area contributed by atoms with E-state index >= 15 is 0 Å². The minimum atomic E-state index is -0.826. The molecule has 0 aromatic heterocycles. The Balaban J connectivity index is 0.000000209. The Morgan fingerprint density at radius 1 is 0.844 bits per heavy atom. The molecule has 0 N–H and O–H groups in total. The number of rotatable bonds is 4. The third kappa shape index (κ3) is 10.8. The molecule has 5 aromatic carbocycles. The number of aryl methyl sites for hydroxylation is 1. The Bertz CT molecular complexity index is 1560. The summed E-state index contributed by atoms with van der Waals surface area (Å²) in [6, 6.07) is 31.9. The molecule has 0 saturated heterocycles. The Morgan fingerprint density at radius 3 is 2.00 bits per heavy atom. The van der Waals surface area contributed by atoms with Gasteiger partial charge in [0.25, 0.3) is 0 Å². The maximum absolute atomic E-state index is 4.93. The summed E-state index contributed by atoms with van der Waals surface area (Å²) < 4.78 is 0. The summed E-state index contributed by atoms with van der Waals surface area (Å²) in [6.45, 7) is 17.9. The number of fused-ring (bicyclic) bond motifs is 2. The van der Waals surface area contributed by atoms with Crippen molar-refractivity contribution in [3.8, 4) is 11.1 Å². The van der Waals surface area contributed by atoms with Crippen molar-refractivity contribution >= 4 is 48.1 Å². The zero-order chi connectivity index (χ0) is 33.0. The van der Waals surface area contributed by atoms with Gasteiger partial charge in [-0.15, -0.1) is 69.1 Å². The van der Waals surface area contributed by atoms with Gasteiger partial charge in [-0.25, -0.2) is 0 Å². The van der Waals surface area contributed by atoms with Crippen LogP contribution in [0.5, 0.6) is 0 Å². The first-order chi connectivity index (χ1) is 21.6. The third-order valence-corrected chi connectivity index (χ3v) is 8.98. The number of hydrogen-bond acceptors (Lipinski definition) is 0. The van der Waals surface area contributed by atoms with E-state index in [1.54, 1.807) is 11.1 Å². The van der Waals surface area contributed by atoms with Crippen molar-refractivity contribution in [2.45, 2.75) is 110 Å². The fourth-order valence-electron chi connectivity index (χ4n) is 6.39. The van der Waals surface area contributed by atoms with Gasteiger partial charge in [0.1, 0.15) is 0 Å². The molecule has 1 fully saturated rings. The second-order valence-corrected chi connectivity index (χ2v) is 18.3. The van der Waals surface area contributed by atoms with E-state index in [0.717, 1.165) is 15.4 Å². The quantitative estimate of drug-likeness (QED) is 0.127. The van der Waals surface area contributed by atoms with Gasteiger partial charge in [-0.05, 0) is 41.2 Å². The van der Waals surface area contributed by atoms with E-state index in [1.165, 1.54) is 82.3 Å². The first-order valence-corrected chi connectivity index (χ1v) is 24.9. The molecule has 1 aliphatic rings. The van der Waals surface area contributed by atoms with Crippen LogP contribution in [0.3, 0.4) is 0 Å². The molecule has 0 nitrogen and oxygen atoms in total. The van der Waals surface area contributed by atoms with Gasteiger partial charge in [0, 0.05) is 9.52 Å². The number of hydrogen-bond donors (Lipinski definition) is 0. The summed E-state index contributed by atoms with van der Waals surface area (Å²) in [5.41, 5.74) is 8.70. The minimum absolute atomic E-state index is 0.210. The summed E-state index contributed by atoms with van der Waals surface area (Å²) >= 11 is -0.826. The second kappa shape index (κ2) is 18.8. The SMILES string of the molecule is CCC(C)c1cccc2[cH-]c(C3CCCCC3)cc12.C[Si]C.Cc1cc2c(-c3ccc(C(C)(C)C)cc3)cccc2[cH-]1.[Cl][Zr+2][Cl]. The van der Waals surface area contributed by atoms with Gasteiger partial charge >= 0.3 is 37.9 Å². The van der Waals surface area contributed by atoms with E-state index < -0.39 is 20.8 Å². The van der Waals surface area contributed by atoms with E-state index in [1.807, 2.05) is 0 Å². The molecule has 6 rings (SSSR count). The first kappa shape index (κ1) is 38.0. The van der Waals surface area contributed by atoms with Gasteiger partial charge in [-0.2, -0.15) is 12.1 Å². The van der Waals surface area contributed by atoms with Crippen LogP contribution in [0.15, 0.2) is 84.9 Å². The van der Waals surface area contributed by atoms with Crippen LogP contribution in [0.1, 0.15) is 107 Å². The van der Waals surface area contributed by atoms with Crippen LogP contribution in [0, 0.1) is 6.92 Å². The summed E-state index contributed by atoms with van der Waals surface area (Å²) in [4.78, 5) is 0. The molecule has 0 aliphatic heterocycles. The van der Waals surface area contributed by atoms with Gasteiger partial charge < -0.3 is 0 Å². The predicted octanol–water partition coefficient (Wildman–Crippen LogP) is 14.1. The zero-order valence-corrected chi connectivity index (χ0v) is 33.7. The van der Waals surface area contributed by atoms with E-state index in [4.69, 9.17) is 17.0 Å². The van der Waals surface area contributed by atoms with Crippen molar-refractivity contribution in [2.75, 3.05) is 0 Å². The summed E-state index contributed by atoms with van der Waals surface area (Å²) in [7, 11) is 11.0. The molecule has 1 saturated carbocycles. The Hall–Kier alpha value is -1.44. The van der Waals surface area contributed by atoms with Crippen LogP contribution in [-0.4, -0.2) is 9.52 Å². The third-order valence-electron chi connectivity index (χ3n) is 8.98. The van der Waals surface area contributed by atoms with Crippen molar-refractivity contribution in [1.29, 1.82) is 0 Å². The predicted molar refractivity (Wildman–Crippen MR) is 202 cm³/mol. The topological polar surface area (TPSA) is 0 Å². The molecule has 5 aromatic rings. The fourth-order valence-corrected chi connectivity index (χ4v) is 6.39. The van der Waals surface area contributed by atoms with E-state index in [0.29, 0.717) is 5.92 Å². The summed E-state index contributed by atoms with van der Waals surface area (Å²) in [6.07, 6.45) is 8.30. The van der Waals surface area contributed by atoms with Crippen molar-refractivity contribution in [3.63, 3.8) is 0 Å². The standard InChI is InChI=1S/C20H21.C19H25.C2H6Si.2ClH.Zr/c1-14-12-16-6-5-7-18(19(16)13-14)15-8-10-17(11-9-15)20(2,3)4;1-3-14(2)18-11-7-10-16-12-17(13-19(16)18)15-8-5-4-6-9-15;1-3-2;;;/h5-13H,1-4H3;7,10-15H,3-6,8-9H2,1-2H3;1-2H3;2*1H;/q2*-1;;;;+4/p-2. The number of benzene rings is 3. The monoisotopic (exact) mass is 732 g/mol. The van der Waals surface area contributed by atoms with E-state index in [9.17, 15) is 0 Å². The molecule has 238 valence electrons. The first-order valence-electron chi connectivity index (χ1n) is 16.6. The van der Waals surface area contributed by atoms with Gasteiger partial charge in [0.2, 0.25) is 0 Å². The number of halogens is 2. The molecular weight excluding hydrogens is 683 g/mol. The molecule has 1 aliphatic carbocycles. The van der Waals surface area contributed by atoms with Crippen molar-refractivity contribution in [3.05, 3.63) is 107 Å². The molecule has 4 heteroatoms. The normalized spacial score (nSPS) is 13.9. The molecule has 2 radical (unpaired) electrons. The molecule has 45 heavy (non-hydrogen) atoms. The summed E-state index contributed by atoms with van der Waals surface area (Å²) in [5.74, 6) is 1.50. The molecular formula is C41H52Cl2SiZr. The van der Waals surface area contributed by atoms with E-state index in [2.05, 4.69) is 140 Å². The van der Waals surface area contributed by atoms with Gasteiger partial charge in [0.15, 0.2) is 0 Å². The van der Waals surface area contributed by atoms with Gasteiger partial charge in [-0.3, -0.25) is 0 Å². The molecule has 0 spiro atoms. The van der Waals surface area contributed by atoms with Crippen LogP contribution < -0.4 is 0 Å². The van der Waals surface area contributed by atoms with Crippen molar-refractivity contribution in [1.82, 2.24) is 0 Å². The summed E-state index contributed by atoms with van der Waals surface area (Å²) in [5, 5.41) is 5.66. The van der Waals surface area contributed by atoms with Crippen molar-refractivity contribution < 1.29 is 20.8 Å². The molecule has 0 amide bonds. The Morgan fingerprint density at radius 2 is 1.42 bits per heavy atom.